The minimum Gasteiger partial charge on any atom is -0.489 e. The standard InChI is InChI=1S/C35H43F3N2O5/c1-22(39-33(42)45-35(5,6)7)27-13-11-14-28(32(27)38)25-16-23(17-26(18-25)40(8)20-30(36)37)21-43-29-15-10-9-12-24(29)19-31(41)44-34(2,3)4/h9-18,22,30H,19-21H2,1-8H3,(H,39,42). The first-order valence-electron chi connectivity index (χ1n) is 14.8. The van der Waals surface area contributed by atoms with Gasteiger partial charge in [-0.2, -0.15) is 0 Å². The monoisotopic (exact) mass is 628 g/mol. The minimum atomic E-state index is -2.59. The van der Waals surface area contributed by atoms with Crippen LogP contribution in [0.3, 0.4) is 0 Å². The van der Waals surface area contributed by atoms with Gasteiger partial charge in [-0.15, -0.1) is 0 Å². The maximum Gasteiger partial charge on any atom is 0.408 e. The highest BCUT2D eigenvalue weighted by Crippen LogP contribution is 2.33. The van der Waals surface area contributed by atoms with Crippen molar-refractivity contribution in [2.24, 2.45) is 0 Å². The summed E-state index contributed by atoms with van der Waals surface area (Å²) in [4.78, 5) is 26.2. The smallest absolute Gasteiger partial charge is 0.408 e. The number of esters is 1. The molecule has 1 N–H and O–H groups in total. The van der Waals surface area contributed by atoms with Gasteiger partial charge >= 0.3 is 12.1 Å². The molecule has 0 aliphatic heterocycles. The number of halogens is 3. The number of nitrogens with zero attached hydrogens (tertiary/aromatic N) is 1. The van der Waals surface area contributed by atoms with E-state index in [0.717, 1.165) is 0 Å². The summed E-state index contributed by atoms with van der Waals surface area (Å²) in [5.74, 6) is -0.502. The first-order chi connectivity index (χ1) is 20.9. The van der Waals surface area contributed by atoms with Crippen LogP contribution < -0.4 is 15.0 Å². The largest absolute Gasteiger partial charge is 0.489 e. The number of benzene rings is 3. The van der Waals surface area contributed by atoms with E-state index in [2.05, 4.69) is 5.32 Å². The van der Waals surface area contributed by atoms with E-state index in [1.54, 1.807) is 109 Å². The van der Waals surface area contributed by atoms with E-state index in [4.69, 9.17) is 14.2 Å². The van der Waals surface area contributed by atoms with Gasteiger partial charge in [0.2, 0.25) is 0 Å². The first-order valence-corrected chi connectivity index (χ1v) is 14.8. The van der Waals surface area contributed by atoms with Crippen molar-refractivity contribution >= 4 is 17.7 Å². The van der Waals surface area contributed by atoms with E-state index in [9.17, 15) is 18.4 Å². The summed E-state index contributed by atoms with van der Waals surface area (Å²) in [6, 6.07) is 16.2. The topological polar surface area (TPSA) is 77.1 Å². The first kappa shape index (κ1) is 35.3. The number of hydrogen-bond acceptors (Lipinski definition) is 6. The maximum atomic E-state index is 16.0. The van der Waals surface area contributed by atoms with Gasteiger partial charge in [0.25, 0.3) is 6.43 Å². The Morgan fingerprint density at radius 3 is 2.22 bits per heavy atom. The predicted molar refractivity (Wildman–Crippen MR) is 169 cm³/mol. The van der Waals surface area contributed by atoms with Crippen LogP contribution in [-0.4, -0.2) is 43.3 Å². The molecule has 0 saturated carbocycles. The summed E-state index contributed by atoms with van der Waals surface area (Å²) in [7, 11) is 1.53. The molecule has 45 heavy (non-hydrogen) atoms. The molecule has 10 heteroatoms. The molecule has 3 aromatic carbocycles. The zero-order valence-corrected chi connectivity index (χ0v) is 27.2. The Labute approximate surface area is 263 Å². The Balaban J connectivity index is 1.94. The summed E-state index contributed by atoms with van der Waals surface area (Å²) < 4.78 is 59.5. The molecule has 0 aliphatic carbocycles. The number of carbonyl (C=O) groups excluding carboxylic acids is 2. The van der Waals surface area contributed by atoms with Crippen LogP contribution >= 0.6 is 0 Å². The predicted octanol–water partition coefficient (Wildman–Crippen LogP) is 8.24. The SMILES string of the molecule is CC(NC(=O)OC(C)(C)C)c1cccc(-c2cc(COc3ccccc3CC(=O)OC(C)(C)C)cc(N(C)CC(F)F)c2)c1F. The molecule has 0 heterocycles. The summed E-state index contributed by atoms with van der Waals surface area (Å²) in [5.41, 5.74) is 1.22. The van der Waals surface area contributed by atoms with Gasteiger partial charge in [-0.25, -0.2) is 18.0 Å². The van der Waals surface area contributed by atoms with Crippen molar-refractivity contribution in [2.75, 3.05) is 18.5 Å². The van der Waals surface area contributed by atoms with Gasteiger partial charge in [-0.05, 0) is 83.9 Å². The highest BCUT2D eigenvalue weighted by molar-refractivity contribution is 5.74. The van der Waals surface area contributed by atoms with E-state index in [-0.39, 0.29) is 24.2 Å². The van der Waals surface area contributed by atoms with Gasteiger partial charge in [0, 0.05) is 29.4 Å². The third-order valence-corrected chi connectivity index (χ3v) is 6.49. The Hall–Kier alpha value is -4.21. The van der Waals surface area contributed by atoms with Crippen molar-refractivity contribution in [3.8, 4) is 16.9 Å². The third-order valence-electron chi connectivity index (χ3n) is 6.49. The Kier molecular flexibility index (Phi) is 11.5. The van der Waals surface area contributed by atoms with Crippen LogP contribution in [0.15, 0.2) is 60.7 Å². The van der Waals surface area contributed by atoms with Gasteiger partial charge in [0.05, 0.1) is 19.0 Å². The second-order valence-electron chi connectivity index (χ2n) is 12.9. The lowest BCUT2D eigenvalue weighted by Crippen LogP contribution is -2.34. The van der Waals surface area contributed by atoms with E-state index in [1.807, 2.05) is 0 Å². The number of nitrogens with one attached hydrogen (secondary N) is 1. The van der Waals surface area contributed by atoms with Gasteiger partial charge in [0.15, 0.2) is 0 Å². The molecule has 0 fully saturated rings. The number of alkyl carbamates (subject to hydrolysis) is 1. The summed E-state index contributed by atoms with van der Waals surface area (Å²) in [6.07, 6.45) is -3.26. The van der Waals surface area contributed by atoms with E-state index in [0.29, 0.717) is 28.1 Å². The number of ether oxygens (including phenoxy) is 3. The molecule has 0 saturated heterocycles. The van der Waals surface area contributed by atoms with Crippen molar-refractivity contribution in [1.29, 1.82) is 0 Å². The fourth-order valence-electron chi connectivity index (χ4n) is 4.60. The number of amides is 1. The lowest BCUT2D eigenvalue weighted by atomic mass is 9.97. The second-order valence-corrected chi connectivity index (χ2v) is 12.9. The van der Waals surface area contributed by atoms with Gasteiger partial charge in [-0.1, -0.05) is 36.4 Å². The van der Waals surface area contributed by atoms with Crippen molar-refractivity contribution in [3.05, 3.63) is 83.2 Å². The second kappa shape index (κ2) is 14.7. The van der Waals surface area contributed by atoms with Crippen molar-refractivity contribution in [2.45, 2.75) is 85.2 Å². The van der Waals surface area contributed by atoms with Gasteiger partial charge in [-0.3, -0.25) is 4.79 Å². The average Bonchev–Trinajstić information content (AvgIpc) is 2.90. The third kappa shape index (κ3) is 11.0. The molecule has 244 valence electrons. The molecule has 0 radical (unpaired) electrons. The molecular weight excluding hydrogens is 585 g/mol. The van der Waals surface area contributed by atoms with Crippen molar-refractivity contribution < 1.29 is 37.0 Å². The number of carbonyl (C=O) groups is 2. The fourth-order valence-corrected chi connectivity index (χ4v) is 4.60. The van der Waals surface area contributed by atoms with Crippen LogP contribution in [0, 0.1) is 5.82 Å². The molecule has 1 unspecified atom stereocenters. The van der Waals surface area contributed by atoms with Crippen LogP contribution in [0.2, 0.25) is 0 Å². The van der Waals surface area contributed by atoms with Crippen LogP contribution in [0.1, 0.15) is 71.2 Å². The molecule has 0 spiro atoms. The molecule has 1 amide bonds. The molecule has 0 aliphatic rings. The number of hydrogen-bond donors (Lipinski definition) is 1. The zero-order valence-electron chi connectivity index (χ0n) is 27.2. The van der Waals surface area contributed by atoms with Crippen molar-refractivity contribution in [3.63, 3.8) is 0 Å². The molecule has 1 atom stereocenters. The summed E-state index contributed by atoms with van der Waals surface area (Å²) in [6.45, 7) is 11.7. The number of alkyl halides is 2. The molecule has 0 aromatic heterocycles. The summed E-state index contributed by atoms with van der Waals surface area (Å²) >= 11 is 0. The average molecular weight is 629 g/mol. The highest BCUT2D eigenvalue weighted by atomic mass is 19.3. The number of anilines is 1. The Bertz CT molecular complexity index is 1480. The van der Waals surface area contributed by atoms with E-state index in [1.165, 1.54) is 11.9 Å². The van der Waals surface area contributed by atoms with Crippen LogP contribution in [-0.2, 0) is 27.3 Å². The quantitative estimate of drug-likeness (QED) is 0.216. The molecule has 3 rings (SSSR count). The maximum absolute atomic E-state index is 16.0. The molecular formula is C35H43F3N2O5. The lowest BCUT2D eigenvalue weighted by Gasteiger charge is -2.23. The van der Waals surface area contributed by atoms with E-state index < -0.39 is 48.1 Å². The molecule has 7 nitrogen and oxygen atoms in total. The highest BCUT2D eigenvalue weighted by Gasteiger charge is 2.22. The lowest BCUT2D eigenvalue weighted by molar-refractivity contribution is -0.153. The fraction of sp³-hybridized carbons (Fsp3) is 0.429. The molecule has 0 bridgehead atoms. The van der Waals surface area contributed by atoms with Gasteiger partial charge in [0.1, 0.15) is 29.4 Å². The van der Waals surface area contributed by atoms with Crippen LogP contribution in [0.4, 0.5) is 23.7 Å². The van der Waals surface area contributed by atoms with Gasteiger partial charge < -0.3 is 24.4 Å². The number of rotatable bonds is 11. The molecule has 3 aromatic rings. The number of para-hydroxylation sites is 1. The van der Waals surface area contributed by atoms with Crippen molar-refractivity contribution in [1.82, 2.24) is 5.32 Å². The Morgan fingerprint density at radius 1 is 0.911 bits per heavy atom. The summed E-state index contributed by atoms with van der Waals surface area (Å²) in [5, 5.41) is 2.66. The minimum absolute atomic E-state index is 0.00335. The normalized spacial score (nSPS) is 12.4. The van der Waals surface area contributed by atoms with Crippen LogP contribution in [0.25, 0.3) is 11.1 Å². The Morgan fingerprint density at radius 2 is 1.58 bits per heavy atom. The van der Waals surface area contributed by atoms with Crippen LogP contribution in [0.5, 0.6) is 5.75 Å². The zero-order chi connectivity index (χ0) is 33.5. The van der Waals surface area contributed by atoms with E-state index >= 15 is 4.39 Å².